The quantitative estimate of drug-likeness (QED) is 0.199. The van der Waals surface area contributed by atoms with Crippen LogP contribution in [0.1, 0.15) is 31.1 Å². The second kappa shape index (κ2) is 9.80. The van der Waals surface area contributed by atoms with Crippen molar-refractivity contribution in [1.29, 1.82) is 0 Å². The first-order valence-corrected chi connectivity index (χ1v) is 14.6. The standard InChI is InChI=1S/C28H24F2N4O3S2/c1-17-33-26(37-34-17)28(29,30)38-23-13-21(15-31-16-23)18-7-5-8-19(11-18)24-14-22(27(2,3)39(4,35)36)12-20-9-6-10-32-25(20)24/h5-16H,1-4H3. The zero-order chi connectivity index (χ0) is 28.0. The van der Waals surface area contributed by atoms with Gasteiger partial charge in [0.1, 0.15) is 0 Å². The number of aryl methyl sites for hydroxylation is 1. The number of pyridine rings is 2. The maximum absolute atomic E-state index is 14.7. The van der Waals surface area contributed by atoms with E-state index < -0.39 is 25.7 Å². The summed E-state index contributed by atoms with van der Waals surface area (Å²) >= 11 is 0.272. The Morgan fingerprint density at radius 3 is 2.44 bits per heavy atom. The number of alkyl halides is 2. The van der Waals surface area contributed by atoms with Crippen LogP contribution in [0.5, 0.6) is 0 Å². The van der Waals surface area contributed by atoms with E-state index in [1.165, 1.54) is 19.4 Å². The molecule has 0 spiro atoms. The van der Waals surface area contributed by atoms with Crippen LogP contribution in [0, 0.1) is 6.92 Å². The molecule has 2 aromatic carbocycles. The van der Waals surface area contributed by atoms with Crippen LogP contribution in [-0.2, 0) is 19.8 Å². The van der Waals surface area contributed by atoms with Crippen molar-refractivity contribution in [2.24, 2.45) is 0 Å². The highest BCUT2D eigenvalue weighted by Gasteiger charge is 2.40. The van der Waals surface area contributed by atoms with Crippen molar-refractivity contribution < 1.29 is 21.7 Å². The molecule has 0 aliphatic carbocycles. The van der Waals surface area contributed by atoms with Crippen molar-refractivity contribution in [2.45, 2.75) is 35.7 Å². The van der Waals surface area contributed by atoms with E-state index in [0.717, 1.165) is 27.6 Å². The van der Waals surface area contributed by atoms with E-state index in [1.807, 2.05) is 42.5 Å². The van der Waals surface area contributed by atoms with Gasteiger partial charge in [-0.2, -0.15) is 13.8 Å². The predicted octanol–water partition coefficient (Wildman–Crippen LogP) is 6.78. The Morgan fingerprint density at radius 1 is 0.949 bits per heavy atom. The third-order valence-corrected chi connectivity index (χ3v) is 9.55. The average molecular weight is 567 g/mol. The van der Waals surface area contributed by atoms with Crippen LogP contribution in [0.15, 0.2) is 82.6 Å². The number of fused-ring (bicyclic) bond motifs is 1. The summed E-state index contributed by atoms with van der Waals surface area (Å²) in [4.78, 5) is 12.6. The van der Waals surface area contributed by atoms with Gasteiger partial charge in [-0.1, -0.05) is 29.4 Å². The fraction of sp³-hybridized carbons (Fsp3) is 0.214. The van der Waals surface area contributed by atoms with Crippen LogP contribution < -0.4 is 0 Å². The molecule has 39 heavy (non-hydrogen) atoms. The summed E-state index contributed by atoms with van der Waals surface area (Å²) in [6.45, 7) is 4.83. The summed E-state index contributed by atoms with van der Waals surface area (Å²) in [7, 11) is -3.42. The van der Waals surface area contributed by atoms with Crippen molar-refractivity contribution in [1.82, 2.24) is 20.1 Å². The Kier molecular flexibility index (Phi) is 6.76. The predicted molar refractivity (Wildman–Crippen MR) is 147 cm³/mol. The Morgan fingerprint density at radius 2 is 1.72 bits per heavy atom. The molecule has 3 aromatic heterocycles. The minimum Gasteiger partial charge on any atom is -0.332 e. The first-order chi connectivity index (χ1) is 18.3. The molecule has 3 heterocycles. The van der Waals surface area contributed by atoms with Gasteiger partial charge < -0.3 is 4.52 Å². The summed E-state index contributed by atoms with van der Waals surface area (Å²) < 4.78 is 58.2. The highest BCUT2D eigenvalue weighted by atomic mass is 32.2. The maximum atomic E-state index is 14.7. The Balaban J connectivity index is 1.56. The minimum atomic E-state index is -3.43. The average Bonchev–Trinajstić information content (AvgIpc) is 3.35. The largest absolute Gasteiger partial charge is 0.375 e. The second-order valence-electron chi connectivity index (χ2n) is 9.64. The van der Waals surface area contributed by atoms with E-state index >= 15 is 0 Å². The molecule has 5 aromatic rings. The first-order valence-electron chi connectivity index (χ1n) is 11.9. The lowest BCUT2D eigenvalue weighted by Gasteiger charge is -2.24. The molecule has 0 fully saturated rings. The highest BCUT2D eigenvalue weighted by Crippen LogP contribution is 2.44. The first kappa shape index (κ1) is 26.9. The van der Waals surface area contributed by atoms with E-state index in [4.69, 9.17) is 0 Å². The number of sulfone groups is 1. The molecule has 0 bridgehead atoms. The SMILES string of the molecule is Cc1noc(C(F)(F)Sc2cncc(-c3cccc(-c4cc(C(C)(C)S(C)(=O)=O)cc5cccnc45)c3)c2)n1. The van der Waals surface area contributed by atoms with Crippen LogP contribution >= 0.6 is 11.8 Å². The summed E-state index contributed by atoms with van der Waals surface area (Å²) in [5.74, 6) is -0.645. The molecule has 0 aliphatic heterocycles. The van der Waals surface area contributed by atoms with Gasteiger partial charge in [0.15, 0.2) is 15.7 Å². The number of rotatable bonds is 7. The molecule has 5 rings (SSSR count). The van der Waals surface area contributed by atoms with E-state index in [0.29, 0.717) is 11.1 Å². The molecule has 0 radical (unpaired) electrons. The zero-order valence-electron chi connectivity index (χ0n) is 21.5. The number of halogens is 2. The third kappa shape index (κ3) is 5.28. The van der Waals surface area contributed by atoms with Crippen LogP contribution in [0.4, 0.5) is 8.78 Å². The van der Waals surface area contributed by atoms with Gasteiger partial charge in [-0.15, -0.1) is 0 Å². The molecule has 11 heteroatoms. The van der Waals surface area contributed by atoms with Gasteiger partial charge in [0.25, 0.3) is 0 Å². The molecule has 0 saturated carbocycles. The van der Waals surface area contributed by atoms with Gasteiger partial charge in [0.2, 0.25) is 0 Å². The van der Waals surface area contributed by atoms with Crippen molar-refractivity contribution in [3.05, 3.63) is 90.5 Å². The molecule has 0 atom stereocenters. The molecule has 0 amide bonds. The van der Waals surface area contributed by atoms with Gasteiger partial charge in [0, 0.05) is 46.3 Å². The van der Waals surface area contributed by atoms with E-state index in [-0.39, 0.29) is 22.5 Å². The minimum absolute atomic E-state index is 0.125. The van der Waals surface area contributed by atoms with Gasteiger partial charge in [0.05, 0.1) is 10.3 Å². The lowest BCUT2D eigenvalue weighted by molar-refractivity contribution is 0.0642. The molecule has 0 saturated heterocycles. The molecule has 200 valence electrons. The third-order valence-electron chi connectivity index (χ3n) is 6.57. The Hall–Kier alpha value is -3.70. The number of benzene rings is 2. The Labute approximate surface area is 228 Å². The molecule has 0 unspecified atom stereocenters. The highest BCUT2D eigenvalue weighted by molar-refractivity contribution is 8.00. The summed E-state index contributed by atoms with van der Waals surface area (Å²) in [6.07, 6.45) is 5.86. The molecule has 0 N–H and O–H groups in total. The number of hydrogen-bond acceptors (Lipinski definition) is 8. The topological polar surface area (TPSA) is 98.8 Å². The lowest BCUT2D eigenvalue weighted by Crippen LogP contribution is -2.28. The fourth-order valence-corrected chi connectivity index (χ4v) is 5.39. The number of aromatic nitrogens is 4. The summed E-state index contributed by atoms with van der Waals surface area (Å²) in [5.41, 5.74) is 4.30. The van der Waals surface area contributed by atoms with E-state index in [1.54, 1.807) is 38.4 Å². The van der Waals surface area contributed by atoms with Crippen molar-refractivity contribution >= 4 is 32.5 Å². The van der Waals surface area contributed by atoms with E-state index in [9.17, 15) is 17.2 Å². The molecular formula is C28H24F2N4O3S2. The molecule has 7 nitrogen and oxygen atoms in total. The molecular weight excluding hydrogens is 542 g/mol. The van der Waals surface area contributed by atoms with Gasteiger partial charge in [-0.25, -0.2) is 8.42 Å². The van der Waals surface area contributed by atoms with Crippen molar-refractivity contribution in [2.75, 3.05) is 6.26 Å². The normalized spacial score (nSPS) is 12.7. The van der Waals surface area contributed by atoms with Gasteiger partial charge >= 0.3 is 11.1 Å². The second-order valence-corrected chi connectivity index (χ2v) is 13.4. The smallest absolute Gasteiger partial charge is 0.332 e. The number of nitrogens with zero attached hydrogens (tertiary/aromatic N) is 4. The van der Waals surface area contributed by atoms with Gasteiger partial charge in [-0.05, 0) is 79.6 Å². The van der Waals surface area contributed by atoms with Crippen LogP contribution in [0.3, 0.4) is 0 Å². The van der Waals surface area contributed by atoms with Gasteiger partial charge in [-0.3, -0.25) is 9.97 Å². The maximum Gasteiger partial charge on any atom is 0.375 e. The van der Waals surface area contributed by atoms with Crippen LogP contribution in [0.25, 0.3) is 33.2 Å². The monoisotopic (exact) mass is 566 g/mol. The lowest BCUT2D eigenvalue weighted by atomic mass is 9.92. The Bertz CT molecular complexity index is 1800. The summed E-state index contributed by atoms with van der Waals surface area (Å²) in [6, 6.07) is 16.5. The fourth-order valence-electron chi connectivity index (χ4n) is 4.08. The number of hydrogen-bond donors (Lipinski definition) is 0. The van der Waals surface area contributed by atoms with Crippen molar-refractivity contribution in [3.63, 3.8) is 0 Å². The van der Waals surface area contributed by atoms with E-state index in [2.05, 4.69) is 24.6 Å². The van der Waals surface area contributed by atoms with Crippen LogP contribution in [-0.4, -0.2) is 34.8 Å². The molecule has 0 aliphatic rings. The summed E-state index contributed by atoms with van der Waals surface area (Å²) in [5, 5.41) is 0.832. The van der Waals surface area contributed by atoms with Crippen LogP contribution in [0.2, 0.25) is 0 Å². The zero-order valence-corrected chi connectivity index (χ0v) is 23.1. The van der Waals surface area contributed by atoms with Crippen molar-refractivity contribution in [3.8, 4) is 22.3 Å². The number of thioether (sulfide) groups is 1.